The summed E-state index contributed by atoms with van der Waals surface area (Å²) in [5, 5.41) is 0. The van der Waals surface area contributed by atoms with Gasteiger partial charge in [0.1, 0.15) is 15.1 Å². The second kappa shape index (κ2) is 9.09. The summed E-state index contributed by atoms with van der Waals surface area (Å²) in [6.45, 7) is 2.02. The van der Waals surface area contributed by atoms with Crippen LogP contribution in [0.2, 0.25) is 6.82 Å². The highest BCUT2D eigenvalue weighted by Gasteiger charge is 2.13. The van der Waals surface area contributed by atoms with Crippen LogP contribution in [0.25, 0.3) is 33.9 Å². The summed E-state index contributed by atoms with van der Waals surface area (Å²) in [6, 6.07) is 23.6. The van der Waals surface area contributed by atoms with Crippen molar-refractivity contribution in [1.82, 2.24) is 9.97 Å². The molecule has 0 amide bonds. The van der Waals surface area contributed by atoms with Gasteiger partial charge in [0.25, 0.3) is 0 Å². The number of rotatable bonds is 6. The summed E-state index contributed by atoms with van der Waals surface area (Å²) in [6.07, 6.45) is 0. The van der Waals surface area contributed by atoms with Gasteiger partial charge < -0.3 is 9.47 Å². The number of hydrogen-bond donors (Lipinski definition) is 0. The standard InChI is InChI=1S/C25H21B2N2O2/c1-27-20-11-6-17(7-12-20)25-28-21(16-4-9-19(26)10-5-16)15-22(29-25)18-8-13-23(30-2)24(14-18)31-3/h4-15H,1-3H3. The number of ether oxygens (including phenoxy) is 2. The van der Waals surface area contributed by atoms with E-state index in [-0.39, 0.29) is 0 Å². The van der Waals surface area contributed by atoms with Gasteiger partial charge in [0.05, 0.1) is 25.6 Å². The maximum Gasteiger partial charge on any atom is 0.161 e. The number of aromatic nitrogens is 2. The molecule has 0 saturated carbocycles. The molecule has 0 bridgehead atoms. The van der Waals surface area contributed by atoms with Gasteiger partial charge in [0.15, 0.2) is 17.3 Å². The molecule has 31 heavy (non-hydrogen) atoms. The Labute approximate surface area is 185 Å². The molecule has 4 nitrogen and oxygen atoms in total. The minimum Gasteiger partial charge on any atom is -0.493 e. The molecular formula is C25H21B2N2O2. The van der Waals surface area contributed by atoms with Crippen molar-refractivity contribution >= 4 is 26.1 Å². The zero-order chi connectivity index (χ0) is 21.8. The van der Waals surface area contributed by atoms with Crippen molar-refractivity contribution in [2.45, 2.75) is 6.82 Å². The maximum atomic E-state index is 5.87. The van der Waals surface area contributed by atoms with Crippen molar-refractivity contribution in [2.24, 2.45) is 0 Å². The molecule has 0 aliphatic rings. The molecule has 0 unspecified atom stereocenters. The summed E-state index contributed by atoms with van der Waals surface area (Å²) in [4.78, 5) is 9.70. The fraction of sp³-hybridized carbons (Fsp3) is 0.120. The normalized spacial score (nSPS) is 10.5. The van der Waals surface area contributed by atoms with E-state index in [1.807, 2.05) is 67.5 Å². The van der Waals surface area contributed by atoms with Crippen LogP contribution in [0.3, 0.4) is 0 Å². The van der Waals surface area contributed by atoms with E-state index in [0.29, 0.717) is 22.8 Å². The quantitative estimate of drug-likeness (QED) is 0.461. The minimum atomic E-state index is 0.650. The third-order valence-electron chi connectivity index (χ3n) is 5.11. The Morgan fingerprint density at radius 3 is 1.87 bits per heavy atom. The monoisotopic (exact) mass is 403 g/mol. The lowest BCUT2D eigenvalue weighted by Crippen LogP contribution is -2.09. The topological polar surface area (TPSA) is 44.2 Å². The van der Waals surface area contributed by atoms with Gasteiger partial charge in [-0.25, -0.2) is 9.97 Å². The number of methoxy groups -OCH3 is 2. The first-order chi connectivity index (χ1) is 15.1. The Kier molecular flexibility index (Phi) is 6.08. The molecule has 3 aromatic carbocycles. The second-order valence-electron chi connectivity index (χ2n) is 7.06. The Morgan fingerprint density at radius 1 is 0.677 bits per heavy atom. The van der Waals surface area contributed by atoms with Crippen LogP contribution in [0.4, 0.5) is 0 Å². The molecular weight excluding hydrogens is 382 g/mol. The van der Waals surface area contributed by atoms with E-state index in [4.69, 9.17) is 27.3 Å². The third-order valence-corrected chi connectivity index (χ3v) is 5.11. The summed E-state index contributed by atoms with van der Waals surface area (Å²) in [7, 11) is 11.2. The molecule has 149 valence electrons. The van der Waals surface area contributed by atoms with Crippen LogP contribution in [0.15, 0.2) is 72.8 Å². The smallest absolute Gasteiger partial charge is 0.161 e. The van der Waals surface area contributed by atoms with Crippen LogP contribution in [-0.2, 0) is 0 Å². The fourth-order valence-corrected chi connectivity index (χ4v) is 3.35. The van der Waals surface area contributed by atoms with Crippen LogP contribution in [0, 0.1) is 0 Å². The molecule has 4 aromatic rings. The Bertz CT molecular complexity index is 1190. The van der Waals surface area contributed by atoms with E-state index < -0.39 is 0 Å². The molecule has 4 rings (SSSR count). The molecule has 0 spiro atoms. The molecule has 3 radical (unpaired) electrons. The van der Waals surface area contributed by atoms with Crippen LogP contribution >= 0.6 is 0 Å². The third kappa shape index (κ3) is 4.48. The van der Waals surface area contributed by atoms with Gasteiger partial charge in [0, 0.05) is 16.7 Å². The summed E-state index contributed by atoms with van der Waals surface area (Å²) >= 11 is 0. The van der Waals surface area contributed by atoms with Crippen molar-refractivity contribution in [3.05, 3.63) is 72.8 Å². The van der Waals surface area contributed by atoms with Gasteiger partial charge in [-0.3, -0.25) is 0 Å². The van der Waals surface area contributed by atoms with Crippen molar-refractivity contribution in [3.8, 4) is 45.4 Å². The molecule has 0 fully saturated rings. The second-order valence-corrected chi connectivity index (χ2v) is 7.06. The highest BCUT2D eigenvalue weighted by molar-refractivity contribution is 6.51. The van der Waals surface area contributed by atoms with E-state index in [1.165, 1.54) is 0 Å². The van der Waals surface area contributed by atoms with Crippen LogP contribution < -0.4 is 20.4 Å². The molecule has 6 heteroatoms. The van der Waals surface area contributed by atoms with E-state index in [2.05, 4.69) is 19.4 Å². The molecule has 1 aromatic heterocycles. The van der Waals surface area contributed by atoms with E-state index >= 15 is 0 Å². The maximum absolute atomic E-state index is 5.87. The number of benzene rings is 3. The number of nitrogens with zero attached hydrogens (tertiary/aromatic N) is 2. The number of hydrogen-bond acceptors (Lipinski definition) is 4. The first-order valence-electron chi connectivity index (χ1n) is 9.98. The summed E-state index contributed by atoms with van der Waals surface area (Å²) < 4.78 is 10.9. The van der Waals surface area contributed by atoms with Gasteiger partial charge in [0.2, 0.25) is 0 Å². The lowest BCUT2D eigenvalue weighted by molar-refractivity contribution is 0.355. The lowest BCUT2D eigenvalue weighted by Gasteiger charge is -2.12. The average Bonchev–Trinajstić information content (AvgIpc) is 2.83. The van der Waals surface area contributed by atoms with Crippen molar-refractivity contribution in [3.63, 3.8) is 0 Å². The van der Waals surface area contributed by atoms with Gasteiger partial charge in [-0.15, -0.1) is 0 Å². The fourth-order valence-electron chi connectivity index (χ4n) is 3.35. The SMILES string of the molecule is [B]c1ccc(-c2cc(-c3ccc(OC)c(OC)c3)nc(-c3ccc([B]C)cc3)n2)cc1. The molecule has 0 N–H and O–H groups in total. The predicted molar refractivity (Wildman–Crippen MR) is 128 cm³/mol. The van der Waals surface area contributed by atoms with Gasteiger partial charge in [-0.05, 0) is 24.3 Å². The molecule has 0 atom stereocenters. The highest BCUT2D eigenvalue weighted by Crippen LogP contribution is 2.33. The van der Waals surface area contributed by atoms with E-state index in [1.54, 1.807) is 14.2 Å². The summed E-state index contributed by atoms with van der Waals surface area (Å²) in [5.41, 5.74) is 6.31. The Morgan fingerprint density at radius 2 is 1.26 bits per heavy atom. The first kappa shape index (κ1) is 20.7. The van der Waals surface area contributed by atoms with E-state index in [0.717, 1.165) is 33.5 Å². The molecule has 0 saturated heterocycles. The Balaban J connectivity index is 1.87. The molecule has 1 heterocycles. The summed E-state index contributed by atoms with van der Waals surface area (Å²) in [5.74, 6) is 1.98. The molecule has 0 aliphatic heterocycles. The van der Waals surface area contributed by atoms with Gasteiger partial charge >= 0.3 is 0 Å². The Hall–Kier alpha value is -3.53. The zero-order valence-corrected chi connectivity index (χ0v) is 17.8. The van der Waals surface area contributed by atoms with Crippen LogP contribution in [-0.4, -0.2) is 39.3 Å². The van der Waals surface area contributed by atoms with Gasteiger partial charge in [-0.1, -0.05) is 66.3 Å². The van der Waals surface area contributed by atoms with Crippen LogP contribution in [0.5, 0.6) is 11.5 Å². The largest absolute Gasteiger partial charge is 0.493 e. The lowest BCUT2D eigenvalue weighted by atomic mass is 9.73. The molecule has 0 aliphatic carbocycles. The zero-order valence-electron chi connectivity index (χ0n) is 17.8. The minimum absolute atomic E-state index is 0.650. The van der Waals surface area contributed by atoms with E-state index in [9.17, 15) is 0 Å². The highest BCUT2D eigenvalue weighted by atomic mass is 16.5. The average molecular weight is 403 g/mol. The van der Waals surface area contributed by atoms with Crippen molar-refractivity contribution in [2.75, 3.05) is 14.2 Å². The van der Waals surface area contributed by atoms with Crippen molar-refractivity contribution < 1.29 is 9.47 Å². The first-order valence-corrected chi connectivity index (χ1v) is 9.98. The predicted octanol–water partition coefficient (Wildman–Crippen LogP) is 3.67. The van der Waals surface area contributed by atoms with Crippen LogP contribution in [0.1, 0.15) is 0 Å². The van der Waals surface area contributed by atoms with Crippen molar-refractivity contribution in [1.29, 1.82) is 0 Å². The van der Waals surface area contributed by atoms with Gasteiger partial charge in [-0.2, -0.15) is 0 Å².